The van der Waals surface area contributed by atoms with E-state index in [0.29, 0.717) is 18.0 Å². The van der Waals surface area contributed by atoms with Gasteiger partial charge in [-0.25, -0.2) is 0 Å². The van der Waals surface area contributed by atoms with Crippen LogP contribution in [0.15, 0.2) is 24.3 Å². The molecule has 3 unspecified atom stereocenters. The lowest BCUT2D eigenvalue weighted by molar-refractivity contribution is 0.636. The van der Waals surface area contributed by atoms with E-state index in [2.05, 4.69) is 48.7 Å². The number of nitrogens with one attached hydrogen (secondary N) is 2. The van der Waals surface area contributed by atoms with Crippen LogP contribution in [0.3, 0.4) is 0 Å². The van der Waals surface area contributed by atoms with Gasteiger partial charge < -0.3 is 16.4 Å². The van der Waals surface area contributed by atoms with Gasteiger partial charge in [-0.3, -0.25) is 0 Å². The normalized spacial score (nSPS) is 23.7. The highest BCUT2D eigenvalue weighted by Crippen LogP contribution is 2.29. The Bertz CT molecular complexity index is 361. The van der Waals surface area contributed by atoms with E-state index >= 15 is 0 Å². The molecule has 0 bridgehead atoms. The van der Waals surface area contributed by atoms with Crippen molar-refractivity contribution in [3.63, 3.8) is 0 Å². The fourth-order valence-electron chi connectivity index (χ4n) is 2.11. The van der Waals surface area contributed by atoms with E-state index < -0.39 is 0 Å². The molecule has 0 radical (unpaired) electrons. The van der Waals surface area contributed by atoms with Gasteiger partial charge in [0.1, 0.15) is 0 Å². The number of hydrogen-bond acceptors (Lipinski definition) is 3. The summed E-state index contributed by atoms with van der Waals surface area (Å²) in [6, 6.07) is 9.89. The molecule has 18 heavy (non-hydrogen) atoms. The second-order valence-electron chi connectivity index (χ2n) is 5.37. The van der Waals surface area contributed by atoms with E-state index in [4.69, 9.17) is 5.73 Å². The minimum absolute atomic E-state index is 0.533. The van der Waals surface area contributed by atoms with Crippen LogP contribution in [0.4, 0.5) is 5.69 Å². The van der Waals surface area contributed by atoms with Gasteiger partial charge in [-0.2, -0.15) is 0 Å². The zero-order chi connectivity index (χ0) is 13.0. The Morgan fingerprint density at radius 3 is 2.61 bits per heavy atom. The van der Waals surface area contributed by atoms with Crippen LogP contribution in [0, 0.1) is 5.92 Å². The van der Waals surface area contributed by atoms with Gasteiger partial charge in [0.05, 0.1) is 0 Å². The first-order chi connectivity index (χ1) is 8.72. The van der Waals surface area contributed by atoms with Crippen molar-refractivity contribution in [3.8, 4) is 0 Å². The average Bonchev–Trinajstić information content (AvgIpc) is 3.16. The first-order valence-electron chi connectivity index (χ1n) is 7.01. The molecule has 1 aromatic carbocycles. The summed E-state index contributed by atoms with van der Waals surface area (Å²) in [6.07, 6.45) is 2.38. The van der Waals surface area contributed by atoms with E-state index in [1.54, 1.807) is 0 Å². The highest BCUT2D eigenvalue weighted by molar-refractivity contribution is 5.45. The number of benzene rings is 1. The Hall–Kier alpha value is -1.06. The van der Waals surface area contributed by atoms with Crippen molar-refractivity contribution < 1.29 is 0 Å². The fraction of sp³-hybridized carbons (Fsp3) is 0.600. The molecule has 0 heterocycles. The van der Waals surface area contributed by atoms with Crippen LogP contribution >= 0.6 is 0 Å². The SMILES string of the molecule is CCC(C)Nc1ccc(CNC2CC2CN)cc1. The van der Waals surface area contributed by atoms with Crippen LogP contribution < -0.4 is 16.4 Å². The zero-order valence-electron chi connectivity index (χ0n) is 11.4. The quantitative estimate of drug-likeness (QED) is 0.693. The van der Waals surface area contributed by atoms with E-state index in [-0.39, 0.29) is 0 Å². The lowest BCUT2D eigenvalue weighted by Crippen LogP contribution is -2.20. The number of anilines is 1. The van der Waals surface area contributed by atoms with Crippen LogP contribution in [0.25, 0.3) is 0 Å². The maximum atomic E-state index is 5.62. The summed E-state index contributed by atoms with van der Waals surface area (Å²) in [4.78, 5) is 0. The van der Waals surface area contributed by atoms with Crippen molar-refractivity contribution in [2.24, 2.45) is 11.7 Å². The van der Waals surface area contributed by atoms with Crippen molar-refractivity contribution in [1.29, 1.82) is 0 Å². The van der Waals surface area contributed by atoms with Crippen LogP contribution in [0.2, 0.25) is 0 Å². The highest BCUT2D eigenvalue weighted by Gasteiger charge is 2.34. The van der Waals surface area contributed by atoms with E-state index in [1.807, 2.05) is 0 Å². The van der Waals surface area contributed by atoms with Gasteiger partial charge in [-0.05, 0) is 49.9 Å². The summed E-state index contributed by atoms with van der Waals surface area (Å²) in [5.74, 6) is 0.705. The molecule has 1 aliphatic carbocycles. The van der Waals surface area contributed by atoms with Crippen molar-refractivity contribution in [1.82, 2.24) is 5.32 Å². The standard InChI is InChI=1S/C15H25N3/c1-3-11(2)18-14-6-4-12(5-7-14)10-17-15-8-13(15)9-16/h4-7,11,13,15,17-18H,3,8-10,16H2,1-2H3. The molecule has 0 amide bonds. The molecule has 0 saturated heterocycles. The molecule has 1 fully saturated rings. The van der Waals surface area contributed by atoms with Crippen LogP contribution in [0.5, 0.6) is 0 Å². The Morgan fingerprint density at radius 1 is 1.33 bits per heavy atom. The van der Waals surface area contributed by atoms with E-state index in [0.717, 1.165) is 19.5 Å². The summed E-state index contributed by atoms with van der Waals surface area (Å²) in [5.41, 5.74) is 8.17. The third-order valence-electron chi connectivity index (χ3n) is 3.77. The lowest BCUT2D eigenvalue weighted by atomic mass is 10.2. The summed E-state index contributed by atoms with van der Waals surface area (Å²) in [7, 11) is 0. The molecule has 100 valence electrons. The monoisotopic (exact) mass is 247 g/mol. The van der Waals surface area contributed by atoms with Crippen LogP contribution in [-0.2, 0) is 6.54 Å². The van der Waals surface area contributed by atoms with E-state index in [1.165, 1.54) is 17.7 Å². The minimum atomic E-state index is 0.533. The van der Waals surface area contributed by atoms with Gasteiger partial charge in [0.2, 0.25) is 0 Å². The summed E-state index contributed by atoms with van der Waals surface area (Å²) < 4.78 is 0. The summed E-state index contributed by atoms with van der Waals surface area (Å²) in [5, 5.41) is 7.02. The van der Waals surface area contributed by atoms with Gasteiger partial charge >= 0.3 is 0 Å². The van der Waals surface area contributed by atoms with Crippen LogP contribution in [-0.4, -0.2) is 18.6 Å². The third kappa shape index (κ3) is 3.72. The number of nitrogens with two attached hydrogens (primary N) is 1. The van der Waals surface area contributed by atoms with Crippen LogP contribution in [0.1, 0.15) is 32.3 Å². The van der Waals surface area contributed by atoms with Gasteiger partial charge in [-0.15, -0.1) is 0 Å². The molecule has 1 aromatic rings. The van der Waals surface area contributed by atoms with Gasteiger partial charge in [0.25, 0.3) is 0 Å². The molecule has 0 aliphatic heterocycles. The lowest BCUT2D eigenvalue weighted by Gasteiger charge is -2.13. The largest absolute Gasteiger partial charge is 0.383 e. The average molecular weight is 247 g/mol. The molecule has 0 spiro atoms. The molecule has 1 saturated carbocycles. The van der Waals surface area contributed by atoms with Crippen molar-refractivity contribution >= 4 is 5.69 Å². The van der Waals surface area contributed by atoms with Gasteiger partial charge in [0, 0.05) is 24.3 Å². The molecular weight excluding hydrogens is 222 g/mol. The Morgan fingerprint density at radius 2 is 2.06 bits per heavy atom. The summed E-state index contributed by atoms with van der Waals surface area (Å²) in [6.45, 7) is 6.16. The van der Waals surface area contributed by atoms with Crippen molar-refractivity contribution in [2.75, 3.05) is 11.9 Å². The molecule has 0 aromatic heterocycles. The van der Waals surface area contributed by atoms with Gasteiger partial charge in [0.15, 0.2) is 0 Å². The Labute approximate surface area is 110 Å². The van der Waals surface area contributed by atoms with Crippen molar-refractivity contribution in [3.05, 3.63) is 29.8 Å². The molecule has 3 atom stereocenters. The Balaban J connectivity index is 1.77. The zero-order valence-corrected chi connectivity index (χ0v) is 11.4. The number of hydrogen-bond donors (Lipinski definition) is 3. The molecule has 3 heteroatoms. The highest BCUT2D eigenvalue weighted by atomic mass is 15.0. The predicted molar refractivity (Wildman–Crippen MR) is 77.6 cm³/mol. The van der Waals surface area contributed by atoms with Crippen molar-refractivity contribution in [2.45, 2.75) is 45.3 Å². The first-order valence-corrected chi connectivity index (χ1v) is 7.01. The topological polar surface area (TPSA) is 50.1 Å². The Kier molecular flexibility index (Phi) is 4.61. The number of rotatable bonds is 7. The molecule has 4 N–H and O–H groups in total. The predicted octanol–water partition coefficient (Wildman–Crippen LogP) is 2.33. The first kappa shape index (κ1) is 13.4. The maximum absolute atomic E-state index is 5.62. The smallest absolute Gasteiger partial charge is 0.0342 e. The summed E-state index contributed by atoms with van der Waals surface area (Å²) >= 11 is 0. The minimum Gasteiger partial charge on any atom is -0.383 e. The molecule has 3 nitrogen and oxygen atoms in total. The van der Waals surface area contributed by atoms with E-state index in [9.17, 15) is 0 Å². The maximum Gasteiger partial charge on any atom is 0.0342 e. The molecule has 1 aliphatic rings. The molecular formula is C15H25N3. The fourth-order valence-corrected chi connectivity index (χ4v) is 2.11. The third-order valence-corrected chi connectivity index (χ3v) is 3.77. The van der Waals surface area contributed by atoms with Gasteiger partial charge in [-0.1, -0.05) is 19.1 Å². The second-order valence-corrected chi connectivity index (χ2v) is 5.37. The molecule has 2 rings (SSSR count). The second kappa shape index (κ2) is 6.21.